The number of aromatic nitrogens is 2. The van der Waals surface area contributed by atoms with Gasteiger partial charge >= 0.3 is 0 Å². The summed E-state index contributed by atoms with van der Waals surface area (Å²) in [5.74, 6) is 2.27. The van der Waals surface area contributed by atoms with Crippen LogP contribution in [0.5, 0.6) is 11.5 Å². The second-order valence-corrected chi connectivity index (χ2v) is 8.27. The molecule has 174 valence electrons. The van der Waals surface area contributed by atoms with Gasteiger partial charge in [-0.2, -0.15) is 0 Å². The number of nitrogens with zero attached hydrogens (tertiary/aromatic N) is 2. The van der Waals surface area contributed by atoms with E-state index in [4.69, 9.17) is 9.47 Å². The summed E-state index contributed by atoms with van der Waals surface area (Å²) < 4.78 is 10.8. The summed E-state index contributed by atoms with van der Waals surface area (Å²) in [5, 5.41) is 7.07. The van der Waals surface area contributed by atoms with E-state index in [1.54, 1.807) is 14.2 Å². The predicted octanol–water partition coefficient (Wildman–Crippen LogP) is 5.70. The molecule has 1 amide bonds. The molecule has 4 rings (SSSR count). The third-order valence-corrected chi connectivity index (χ3v) is 5.58. The number of carbonyl (C=O) groups excluding carboxylic acids is 1. The third-order valence-electron chi connectivity index (χ3n) is 5.58. The van der Waals surface area contributed by atoms with Gasteiger partial charge in [0.1, 0.15) is 12.1 Å². The van der Waals surface area contributed by atoms with E-state index in [0.717, 1.165) is 27.8 Å². The molecule has 0 aliphatic rings. The number of fused-ring (bicyclic) bond motifs is 1. The second-order valence-electron chi connectivity index (χ2n) is 8.27. The SMILES string of the molecule is COc1cc2ncnc(Nc3ccc(NC(=O)Cc4ccc(C(C)C)cc4)cc3)c2cc1OC. The number of hydrogen-bond acceptors (Lipinski definition) is 6. The molecule has 1 aromatic heterocycles. The summed E-state index contributed by atoms with van der Waals surface area (Å²) >= 11 is 0. The van der Waals surface area contributed by atoms with Crippen LogP contribution in [0.2, 0.25) is 0 Å². The smallest absolute Gasteiger partial charge is 0.228 e. The minimum Gasteiger partial charge on any atom is -0.493 e. The molecule has 4 aromatic rings. The van der Waals surface area contributed by atoms with Gasteiger partial charge in [-0.15, -0.1) is 0 Å². The van der Waals surface area contributed by atoms with Crippen molar-refractivity contribution in [3.8, 4) is 11.5 Å². The Morgan fingerprint density at radius 2 is 1.53 bits per heavy atom. The van der Waals surface area contributed by atoms with Crippen LogP contribution in [0.3, 0.4) is 0 Å². The zero-order chi connectivity index (χ0) is 24.1. The third kappa shape index (κ3) is 5.26. The zero-order valence-electron chi connectivity index (χ0n) is 19.8. The number of rotatable bonds is 8. The van der Waals surface area contributed by atoms with Gasteiger partial charge in [0.25, 0.3) is 0 Å². The van der Waals surface area contributed by atoms with Crippen LogP contribution in [0.4, 0.5) is 17.2 Å². The van der Waals surface area contributed by atoms with Gasteiger partial charge in [-0.3, -0.25) is 4.79 Å². The highest BCUT2D eigenvalue weighted by Crippen LogP contribution is 2.34. The lowest BCUT2D eigenvalue weighted by atomic mass is 10.0. The number of amides is 1. The summed E-state index contributed by atoms with van der Waals surface area (Å²) in [6.07, 6.45) is 1.83. The highest BCUT2D eigenvalue weighted by Gasteiger charge is 2.11. The zero-order valence-corrected chi connectivity index (χ0v) is 19.8. The summed E-state index contributed by atoms with van der Waals surface area (Å²) in [7, 11) is 3.18. The molecule has 0 radical (unpaired) electrons. The van der Waals surface area contributed by atoms with Crippen molar-refractivity contribution in [1.82, 2.24) is 9.97 Å². The standard InChI is InChI=1S/C27H28N4O3/c1-17(2)19-7-5-18(6-8-19)13-26(32)30-20-9-11-21(12-10-20)31-27-22-14-24(33-3)25(34-4)15-23(22)28-16-29-27/h5-12,14-17H,13H2,1-4H3,(H,30,32)(H,28,29,31). The van der Waals surface area contributed by atoms with E-state index in [0.29, 0.717) is 29.7 Å². The Bertz CT molecular complexity index is 1290. The van der Waals surface area contributed by atoms with Crippen LogP contribution in [0, 0.1) is 0 Å². The average Bonchev–Trinajstić information content (AvgIpc) is 2.84. The molecular formula is C27H28N4O3. The van der Waals surface area contributed by atoms with Crippen molar-refractivity contribution < 1.29 is 14.3 Å². The van der Waals surface area contributed by atoms with E-state index in [1.807, 2.05) is 48.5 Å². The van der Waals surface area contributed by atoms with Crippen LogP contribution >= 0.6 is 0 Å². The molecule has 0 saturated heterocycles. The molecule has 0 spiro atoms. The number of anilines is 3. The van der Waals surface area contributed by atoms with Crippen LogP contribution in [-0.2, 0) is 11.2 Å². The van der Waals surface area contributed by atoms with Crippen molar-refractivity contribution >= 4 is 34.0 Å². The van der Waals surface area contributed by atoms with E-state index in [2.05, 4.69) is 46.6 Å². The van der Waals surface area contributed by atoms with Gasteiger partial charge in [0.15, 0.2) is 11.5 Å². The van der Waals surface area contributed by atoms with Gasteiger partial charge in [0.05, 0.1) is 26.2 Å². The number of ether oxygens (including phenoxy) is 2. The van der Waals surface area contributed by atoms with Crippen LogP contribution in [-0.4, -0.2) is 30.1 Å². The summed E-state index contributed by atoms with van der Waals surface area (Å²) in [4.78, 5) is 21.2. The van der Waals surface area contributed by atoms with Gasteiger partial charge in [-0.25, -0.2) is 9.97 Å². The molecule has 2 N–H and O–H groups in total. The van der Waals surface area contributed by atoms with E-state index in [-0.39, 0.29) is 5.91 Å². The Hall–Kier alpha value is -4.13. The molecule has 0 fully saturated rings. The Morgan fingerprint density at radius 1 is 0.882 bits per heavy atom. The number of hydrogen-bond donors (Lipinski definition) is 2. The number of nitrogens with one attached hydrogen (secondary N) is 2. The topological polar surface area (TPSA) is 85.4 Å². The van der Waals surface area contributed by atoms with Crippen LogP contribution in [0.25, 0.3) is 10.9 Å². The lowest BCUT2D eigenvalue weighted by Gasteiger charge is -2.12. The minimum atomic E-state index is -0.0548. The van der Waals surface area contributed by atoms with Crippen LogP contribution in [0.15, 0.2) is 67.0 Å². The molecule has 0 atom stereocenters. The first-order chi connectivity index (χ1) is 16.5. The van der Waals surface area contributed by atoms with Crippen molar-refractivity contribution in [2.45, 2.75) is 26.2 Å². The Balaban J connectivity index is 1.44. The normalized spacial score (nSPS) is 10.9. The molecule has 7 heteroatoms. The molecule has 3 aromatic carbocycles. The van der Waals surface area contributed by atoms with Gasteiger partial charge in [0, 0.05) is 22.8 Å². The van der Waals surface area contributed by atoms with Crippen molar-refractivity contribution in [1.29, 1.82) is 0 Å². The lowest BCUT2D eigenvalue weighted by molar-refractivity contribution is -0.115. The molecule has 34 heavy (non-hydrogen) atoms. The molecule has 7 nitrogen and oxygen atoms in total. The van der Waals surface area contributed by atoms with Gasteiger partial charge in [-0.05, 0) is 47.4 Å². The van der Waals surface area contributed by atoms with Crippen molar-refractivity contribution in [2.75, 3.05) is 24.9 Å². The number of methoxy groups -OCH3 is 2. The fourth-order valence-corrected chi connectivity index (χ4v) is 3.67. The quantitative estimate of drug-likeness (QED) is 0.354. The molecular weight excluding hydrogens is 428 g/mol. The first kappa shape index (κ1) is 23.0. The summed E-state index contributed by atoms with van der Waals surface area (Å²) in [6, 6.07) is 19.3. The van der Waals surface area contributed by atoms with E-state index < -0.39 is 0 Å². The summed E-state index contributed by atoms with van der Waals surface area (Å²) in [5.41, 5.74) is 4.55. The van der Waals surface area contributed by atoms with Gasteiger partial charge < -0.3 is 20.1 Å². The van der Waals surface area contributed by atoms with Crippen LogP contribution in [0.1, 0.15) is 30.9 Å². The maximum atomic E-state index is 12.5. The maximum Gasteiger partial charge on any atom is 0.228 e. The predicted molar refractivity (Wildman–Crippen MR) is 135 cm³/mol. The Labute approximate surface area is 199 Å². The van der Waals surface area contributed by atoms with Gasteiger partial charge in [0.2, 0.25) is 5.91 Å². The van der Waals surface area contributed by atoms with E-state index in [9.17, 15) is 4.79 Å². The minimum absolute atomic E-state index is 0.0548. The molecule has 0 aliphatic carbocycles. The molecule has 0 unspecified atom stereocenters. The number of benzene rings is 3. The first-order valence-corrected chi connectivity index (χ1v) is 11.1. The molecule has 0 saturated carbocycles. The second kappa shape index (κ2) is 10.2. The fraction of sp³-hybridized carbons (Fsp3) is 0.222. The Kier molecular flexibility index (Phi) is 6.92. The fourth-order valence-electron chi connectivity index (χ4n) is 3.67. The lowest BCUT2D eigenvalue weighted by Crippen LogP contribution is -2.14. The van der Waals surface area contributed by atoms with Crippen molar-refractivity contribution in [3.63, 3.8) is 0 Å². The molecule has 0 aliphatic heterocycles. The van der Waals surface area contributed by atoms with Crippen LogP contribution < -0.4 is 20.1 Å². The Morgan fingerprint density at radius 3 is 2.18 bits per heavy atom. The summed E-state index contributed by atoms with van der Waals surface area (Å²) in [6.45, 7) is 4.31. The van der Waals surface area contributed by atoms with E-state index >= 15 is 0 Å². The monoisotopic (exact) mass is 456 g/mol. The average molecular weight is 457 g/mol. The van der Waals surface area contributed by atoms with E-state index in [1.165, 1.54) is 11.9 Å². The first-order valence-electron chi connectivity index (χ1n) is 11.1. The van der Waals surface area contributed by atoms with Gasteiger partial charge in [-0.1, -0.05) is 38.1 Å². The molecule has 1 heterocycles. The number of carbonyl (C=O) groups is 1. The van der Waals surface area contributed by atoms with Crippen molar-refractivity contribution in [2.24, 2.45) is 0 Å². The molecule has 0 bridgehead atoms. The largest absolute Gasteiger partial charge is 0.493 e. The van der Waals surface area contributed by atoms with Crippen molar-refractivity contribution in [3.05, 3.63) is 78.1 Å². The highest BCUT2D eigenvalue weighted by atomic mass is 16.5. The maximum absolute atomic E-state index is 12.5. The highest BCUT2D eigenvalue weighted by molar-refractivity contribution is 5.94.